The van der Waals surface area contributed by atoms with Crippen LogP contribution in [-0.2, 0) is 6.42 Å². The predicted molar refractivity (Wildman–Crippen MR) is 70.0 cm³/mol. The lowest BCUT2D eigenvalue weighted by atomic mass is 9.82. The number of nitrogens with zero attached hydrogens (tertiary/aromatic N) is 2. The number of amides is 1. The average molecular weight is 260 g/mol. The van der Waals surface area contributed by atoms with Gasteiger partial charge in [0.05, 0.1) is 0 Å². The van der Waals surface area contributed by atoms with Gasteiger partial charge >= 0.3 is 0 Å². The summed E-state index contributed by atoms with van der Waals surface area (Å²) < 4.78 is 1.68. The molecule has 0 aromatic carbocycles. The number of carbonyl (C=O) groups excluding carboxylic acids is 1. The molecule has 0 atom stereocenters. The molecule has 0 bridgehead atoms. The van der Waals surface area contributed by atoms with Gasteiger partial charge in [0, 0.05) is 11.8 Å². The quantitative estimate of drug-likeness (QED) is 0.853. The van der Waals surface area contributed by atoms with Crippen LogP contribution in [0.25, 0.3) is 5.65 Å². The molecular weight excluding hydrogens is 244 g/mol. The van der Waals surface area contributed by atoms with Crippen molar-refractivity contribution in [2.75, 3.05) is 0 Å². The van der Waals surface area contributed by atoms with E-state index in [0.29, 0.717) is 5.65 Å². The second kappa shape index (κ2) is 4.53. The zero-order valence-electron chi connectivity index (χ0n) is 10.6. The molecule has 3 rings (SSSR count). The van der Waals surface area contributed by atoms with Gasteiger partial charge in [0.15, 0.2) is 11.1 Å². The Balaban J connectivity index is 2.00. The number of carbonyl (C=O) groups is 1. The van der Waals surface area contributed by atoms with E-state index < -0.39 is 5.91 Å². The highest BCUT2D eigenvalue weighted by Gasteiger charge is 2.20. The van der Waals surface area contributed by atoms with E-state index in [-0.39, 0.29) is 11.0 Å². The third-order valence-electron chi connectivity index (χ3n) is 3.92. The van der Waals surface area contributed by atoms with E-state index in [2.05, 4.69) is 10.1 Å². The zero-order chi connectivity index (χ0) is 13.4. The van der Waals surface area contributed by atoms with Gasteiger partial charge in [0.25, 0.3) is 5.91 Å². The highest BCUT2D eigenvalue weighted by atomic mass is 16.2. The summed E-state index contributed by atoms with van der Waals surface area (Å²) in [4.78, 5) is 27.3. The minimum absolute atomic E-state index is 0.0476. The van der Waals surface area contributed by atoms with Gasteiger partial charge in [-0.15, -0.1) is 0 Å². The maximum atomic E-state index is 12.0. The fourth-order valence-corrected chi connectivity index (χ4v) is 2.61. The predicted octanol–water partition coefficient (Wildman–Crippen LogP) is 0.854. The summed E-state index contributed by atoms with van der Waals surface area (Å²) in [5.41, 5.74) is 6.02. The minimum atomic E-state index is -0.736. The first-order valence-electron chi connectivity index (χ1n) is 6.54. The van der Waals surface area contributed by atoms with E-state index in [1.165, 1.54) is 31.7 Å². The van der Waals surface area contributed by atoms with Crippen LogP contribution in [-0.4, -0.2) is 20.5 Å². The molecule has 19 heavy (non-hydrogen) atoms. The first-order valence-corrected chi connectivity index (χ1v) is 6.54. The molecular formula is C13H16N4O2. The van der Waals surface area contributed by atoms with E-state index in [0.717, 1.165) is 24.5 Å². The lowest BCUT2D eigenvalue weighted by Crippen LogP contribution is -2.24. The Morgan fingerprint density at radius 3 is 2.95 bits per heavy atom. The standard InChI is InChI=1S/C13H16N4O2/c14-12(19)11-10(18)6-9(5-4-8-2-1-3-8)17-13(11)15-7-16-17/h6-8H,1-5H2,(H2,14,19)(H,15,16). The topological polar surface area (TPSA) is 93.3 Å². The third-order valence-corrected chi connectivity index (χ3v) is 3.92. The molecule has 1 fully saturated rings. The monoisotopic (exact) mass is 260 g/mol. The van der Waals surface area contributed by atoms with Gasteiger partial charge in [-0.2, -0.15) is 0 Å². The molecule has 1 amide bonds. The van der Waals surface area contributed by atoms with Crippen molar-refractivity contribution < 1.29 is 4.79 Å². The van der Waals surface area contributed by atoms with Crippen LogP contribution in [0.1, 0.15) is 41.7 Å². The Morgan fingerprint density at radius 2 is 2.32 bits per heavy atom. The van der Waals surface area contributed by atoms with Gasteiger partial charge < -0.3 is 5.73 Å². The number of aromatic nitrogens is 3. The number of rotatable bonds is 4. The highest BCUT2D eigenvalue weighted by Crippen LogP contribution is 2.30. The summed E-state index contributed by atoms with van der Waals surface area (Å²) >= 11 is 0. The van der Waals surface area contributed by atoms with Gasteiger partial charge in [0.2, 0.25) is 0 Å². The molecule has 3 N–H and O–H groups in total. The van der Waals surface area contributed by atoms with E-state index in [4.69, 9.17) is 5.73 Å². The van der Waals surface area contributed by atoms with Gasteiger partial charge in [-0.25, -0.2) is 9.50 Å². The van der Waals surface area contributed by atoms with E-state index in [9.17, 15) is 9.59 Å². The largest absolute Gasteiger partial charge is 0.365 e. The maximum absolute atomic E-state index is 12.0. The van der Waals surface area contributed by atoms with E-state index in [1.807, 2.05) is 0 Å². The van der Waals surface area contributed by atoms with Crippen molar-refractivity contribution in [3.05, 3.63) is 33.9 Å². The Kier molecular flexibility index (Phi) is 2.85. The van der Waals surface area contributed by atoms with Crippen LogP contribution in [0, 0.1) is 5.92 Å². The lowest BCUT2D eigenvalue weighted by molar-refractivity contribution is 0.100. The van der Waals surface area contributed by atoms with Gasteiger partial charge in [-0.1, -0.05) is 19.3 Å². The molecule has 6 nitrogen and oxygen atoms in total. The van der Waals surface area contributed by atoms with Crippen LogP contribution in [0.3, 0.4) is 0 Å². The molecule has 0 saturated heterocycles. The summed E-state index contributed by atoms with van der Waals surface area (Å²) in [6.07, 6.45) is 7.21. The number of H-pyrrole nitrogens is 1. The van der Waals surface area contributed by atoms with Crippen LogP contribution >= 0.6 is 0 Å². The smallest absolute Gasteiger partial charge is 0.256 e. The first-order chi connectivity index (χ1) is 9.16. The van der Waals surface area contributed by atoms with Crippen molar-refractivity contribution in [3.63, 3.8) is 0 Å². The van der Waals surface area contributed by atoms with Crippen molar-refractivity contribution in [2.45, 2.75) is 32.1 Å². The highest BCUT2D eigenvalue weighted by molar-refractivity contribution is 5.98. The summed E-state index contributed by atoms with van der Waals surface area (Å²) in [6.45, 7) is 0. The molecule has 0 unspecified atom stereocenters. The molecule has 0 aliphatic heterocycles. The molecule has 2 aromatic rings. The fraction of sp³-hybridized carbons (Fsp3) is 0.462. The summed E-state index contributed by atoms with van der Waals surface area (Å²) in [6, 6.07) is 1.49. The number of hydrogen-bond acceptors (Lipinski definition) is 3. The zero-order valence-corrected chi connectivity index (χ0v) is 10.6. The molecule has 6 heteroatoms. The molecule has 2 aromatic heterocycles. The van der Waals surface area contributed by atoms with Crippen molar-refractivity contribution in [1.29, 1.82) is 0 Å². The van der Waals surface area contributed by atoms with Crippen molar-refractivity contribution in [2.24, 2.45) is 11.7 Å². The van der Waals surface area contributed by atoms with Crippen LogP contribution in [0.15, 0.2) is 17.2 Å². The second-order valence-corrected chi connectivity index (χ2v) is 5.12. The van der Waals surface area contributed by atoms with Crippen LogP contribution in [0.5, 0.6) is 0 Å². The summed E-state index contributed by atoms with van der Waals surface area (Å²) in [7, 11) is 0. The molecule has 1 saturated carbocycles. The molecule has 1 aliphatic rings. The van der Waals surface area contributed by atoms with E-state index in [1.54, 1.807) is 4.52 Å². The van der Waals surface area contributed by atoms with Crippen molar-refractivity contribution in [3.8, 4) is 0 Å². The molecule has 0 radical (unpaired) electrons. The normalized spacial score (nSPS) is 15.6. The molecule has 2 heterocycles. The van der Waals surface area contributed by atoms with Gasteiger partial charge in [-0.3, -0.25) is 14.7 Å². The number of nitrogens with two attached hydrogens (primary N) is 1. The number of primary amides is 1. The molecule has 0 spiro atoms. The van der Waals surface area contributed by atoms with Crippen molar-refractivity contribution >= 4 is 11.6 Å². The molecule has 1 aliphatic carbocycles. The second-order valence-electron chi connectivity index (χ2n) is 5.12. The summed E-state index contributed by atoms with van der Waals surface area (Å²) in [5, 5.41) is 2.93. The molecule has 100 valence electrons. The van der Waals surface area contributed by atoms with Crippen molar-refractivity contribution in [1.82, 2.24) is 14.6 Å². The Bertz CT molecular complexity index is 681. The Hall–Kier alpha value is -2.11. The number of aromatic amines is 1. The first kappa shape index (κ1) is 12.0. The van der Waals surface area contributed by atoms with Crippen LogP contribution in [0.2, 0.25) is 0 Å². The van der Waals surface area contributed by atoms with Crippen LogP contribution in [0.4, 0.5) is 0 Å². The number of fused-ring (bicyclic) bond motifs is 1. The number of nitrogens with one attached hydrogen (secondary N) is 1. The Labute approximate surface area is 109 Å². The number of hydrogen-bond donors (Lipinski definition) is 2. The van der Waals surface area contributed by atoms with Crippen LogP contribution < -0.4 is 11.2 Å². The average Bonchev–Trinajstić information content (AvgIpc) is 2.74. The third kappa shape index (κ3) is 2.03. The van der Waals surface area contributed by atoms with Gasteiger partial charge in [0.1, 0.15) is 11.9 Å². The SMILES string of the molecule is NC(=O)c1c(=O)cc(CCC2CCC2)n2[nH]cnc12. The number of aryl methyl sites for hydroxylation is 1. The lowest BCUT2D eigenvalue weighted by Gasteiger charge is -2.25. The Morgan fingerprint density at radius 1 is 1.53 bits per heavy atom. The number of pyridine rings is 1. The summed E-state index contributed by atoms with van der Waals surface area (Å²) in [5.74, 6) is 0.0321. The van der Waals surface area contributed by atoms with Gasteiger partial charge in [-0.05, 0) is 18.8 Å². The fourth-order valence-electron chi connectivity index (χ4n) is 2.61. The maximum Gasteiger partial charge on any atom is 0.256 e. The minimum Gasteiger partial charge on any atom is -0.365 e. The van der Waals surface area contributed by atoms with E-state index >= 15 is 0 Å².